The number of carbonyl (C=O) groups excluding carboxylic acids is 2. The second-order valence-corrected chi connectivity index (χ2v) is 7.09. The van der Waals surface area contributed by atoms with Crippen LogP contribution in [0.1, 0.15) is 22.3 Å². The molecule has 1 heterocycles. The summed E-state index contributed by atoms with van der Waals surface area (Å²) in [4.78, 5) is 26.4. The maximum Gasteiger partial charge on any atom is 0.416 e. The molecule has 4 nitrogen and oxygen atoms in total. The Bertz CT molecular complexity index is 925. The van der Waals surface area contributed by atoms with Crippen LogP contribution >= 0.6 is 0 Å². The standard InChI is InChI=1S/C20H17F3N2O2/c21-20(22,23)13-5-3-4-11(8-13)14-6-1-2-7-15(14)19(27)25-10-12-9-16(12)17(25)18(24)26/h1-8,12,16-17H,9-10H2,(H2,24,26)/t12-,16-,17+/m1/s1. The summed E-state index contributed by atoms with van der Waals surface area (Å²) in [5, 5.41) is 0. The molecule has 140 valence electrons. The predicted molar refractivity (Wildman–Crippen MR) is 92.5 cm³/mol. The van der Waals surface area contributed by atoms with Crippen molar-refractivity contribution in [1.29, 1.82) is 0 Å². The van der Waals surface area contributed by atoms with Crippen molar-refractivity contribution in [2.24, 2.45) is 17.6 Å². The van der Waals surface area contributed by atoms with Crippen LogP contribution in [0.5, 0.6) is 0 Å². The molecule has 2 N–H and O–H groups in total. The van der Waals surface area contributed by atoms with Gasteiger partial charge in [-0.15, -0.1) is 0 Å². The molecule has 7 heteroatoms. The molecule has 1 saturated heterocycles. The molecule has 1 saturated carbocycles. The summed E-state index contributed by atoms with van der Waals surface area (Å²) < 4.78 is 39.1. The quantitative estimate of drug-likeness (QED) is 0.896. The Morgan fingerprint density at radius 1 is 1.07 bits per heavy atom. The second kappa shape index (κ2) is 6.11. The van der Waals surface area contributed by atoms with Gasteiger partial charge in [0.25, 0.3) is 5.91 Å². The lowest BCUT2D eigenvalue weighted by molar-refractivity contribution is -0.137. The number of likely N-dealkylation sites (tertiary alicyclic amines) is 1. The van der Waals surface area contributed by atoms with E-state index in [1.807, 2.05) is 0 Å². The Labute approximate surface area is 153 Å². The maximum atomic E-state index is 13.1. The molecule has 0 unspecified atom stereocenters. The Hall–Kier alpha value is -2.83. The third-order valence-electron chi connectivity index (χ3n) is 5.36. The lowest BCUT2D eigenvalue weighted by Crippen LogP contribution is -2.46. The summed E-state index contributed by atoms with van der Waals surface area (Å²) in [6.07, 6.45) is -3.59. The van der Waals surface area contributed by atoms with Gasteiger partial charge >= 0.3 is 6.18 Å². The van der Waals surface area contributed by atoms with Crippen molar-refractivity contribution < 1.29 is 22.8 Å². The van der Waals surface area contributed by atoms with E-state index in [0.717, 1.165) is 18.6 Å². The van der Waals surface area contributed by atoms with Gasteiger partial charge in [-0.05, 0) is 47.6 Å². The second-order valence-electron chi connectivity index (χ2n) is 7.09. The molecule has 27 heavy (non-hydrogen) atoms. The average Bonchev–Trinajstić information content (AvgIpc) is 3.29. The number of amides is 2. The zero-order valence-corrected chi connectivity index (χ0v) is 14.2. The molecule has 3 atom stereocenters. The normalized spacial score (nSPS) is 23.8. The van der Waals surface area contributed by atoms with Crippen molar-refractivity contribution in [1.82, 2.24) is 4.90 Å². The molecule has 1 aliphatic heterocycles. The lowest BCUT2D eigenvalue weighted by Gasteiger charge is -2.26. The SMILES string of the molecule is NC(=O)[C@@H]1[C@@H]2C[C@@H]2CN1C(=O)c1ccccc1-c1cccc(C(F)(F)F)c1. The number of halogens is 3. The lowest BCUT2D eigenvalue weighted by atomic mass is 9.96. The van der Waals surface area contributed by atoms with Gasteiger partial charge in [0.1, 0.15) is 6.04 Å². The van der Waals surface area contributed by atoms with Gasteiger partial charge in [-0.25, -0.2) is 0 Å². The monoisotopic (exact) mass is 374 g/mol. The van der Waals surface area contributed by atoms with Crippen molar-refractivity contribution >= 4 is 11.8 Å². The van der Waals surface area contributed by atoms with Crippen LogP contribution in [0.25, 0.3) is 11.1 Å². The molecule has 2 fully saturated rings. The minimum absolute atomic E-state index is 0.104. The van der Waals surface area contributed by atoms with Gasteiger partial charge in [0, 0.05) is 12.1 Å². The molecule has 2 aliphatic rings. The highest BCUT2D eigenvalue weighted by atomic mass is 19.4. The Morgan fingerprint density at radius 3 is 2.52 bits per heavy atom. The van der Waals surface area contributed by atoms with Crippen LogP contribution in [0.15, 0.2) is 48.5 Å². The first-order valence-electron chi connectivity index (χ1n) is 8.64. The van der Waals surface area contributed by atoms with Gasteiger partial charge in [-0.1, -0.05) is 30.3 Å². The summed E-state index contributed by atoms with van der Waals surface area (Å²) in [5.41, 5.74) is 5.67. The highest BCUT2D eigenvalue weighted by Crippen LogP contribution is 2.50. The smallest absolute Gasteiger partial charge is 0.368 e. The number of fused-ring (bicyclic) bond motifs is 1. The van der Waals surface area contributed by atoms with Crippen LogP contribution in [0.3, 0.4) is 0 Å². The summed E-state index contributed by atoms with van der Waals surface area (Å²) in [5.74, 6) is -0.525. The van der Waals surface area contributed by atoms with Crippen LogP contribution in [-0.4, -0.2) is 29.3 Å². The number of hydrogen-bond acceptors (Lipinski definition) is 2. The van der Waals surface area contributed by atoms with Gasteiger partial charge in [0.05, 0.1) is 5.56 Å². The number of alkyl halides is 3. The van der Waals surface area contributed by atoms with Crippen molar-refractivity contribution in [2.45, 2.75) is 18.6 Å². The molecule has 0 radical (unpaired) electrons. The Balaban J connectivity index is 1.72. The van der Waals surface area contributed by atoms with E-state index < -0.39 is 23.7 Å². The van der Waals surface area contributed by atoms with Crippen molar-refractivity contribution in [3.05, 3.63) is 59.7 Å². The van der Waals surface area contributed by atoms with E-state index in [2.05, 4.69) is 0 Å². The third-order valence-corrected chi connectivity index (χ3v) is 5.36. The van der Waals surface area contributed by atoms with E-state index in [4.69, 9.17) is 5.73 Å². The first-order valence-corrected chi connectivity index (χ1v) is 8.64. The Morgan fingerprint density at radius 2 is 1.81 bits per heavy atom. The highest BCUT2D eigenvalue weighted by Gasteiger charge is 2.56. The van der Waals surface area contributed by atoms with Gasteiger partial charge < -0.3 is 10.6 Å². The van der Waals surface area contributed by atoms with Gasteiger partial charge in [0.2, 0.25) is 5.91 Å². The first kappa shape index (κ1) is 17.6. The summed E-state index contributed by atoms with van der Waals surface area (Å²) in [6, 6.07) is 10.7. The van der Waals surface area contributed by atoms with E-state index in [0.29, 0.717) is 17.7 Å². The number of primary amides is 1. The number of rotatable bonds is 3. The van der Waals surface area contributed by atoms with E-state index in [-0.39, 0.29) is 23.3 Å². The van der Waals surface area contributed by atoms with Crippen LogP contribution in [0.4, 0.5) is 13.2 Å². The zero-order valence-electron chi connectivity index (χ0n) is 14.2. The number of carbonyl (C=O) groups is 2. The van der Waals surface area contributed by atoms with Crippen LogP contribution in [-0.2, 0) is 11.0 Å². The molecule has 4 rings (SSSR count). The van der Waals surface area contributed by atoms with Crippen LogP contribution < -0.4 is 5.73 Å². The van der Waals surface area contributed by atoms with Gasteiger partial charge in [-0.2, -0.15) is 13.2 Å². The van der Waals surface area contributed by atoms with Crippen LogP contribution in [0.2, 0.25) is 0 Å². The number of nitrogens with two attached hydrogens (primary N) is 1. The average molecular weight is 374 g/mol. The van der Waals surface area contributed by atoms with Gasteiger partial charge in [-0.3, -0.25) is 9.59 Å². The fourth-order valence-corrected chi connectivity index (χ4v) is 3.98. The number of hydrogen-bond donors (Lipinski definition) is 1. The zero-order chi connectivity index (χ0) is 19.3. The molecule has 0 spiro atoms. The molecule has 2 aromatic rings. The predicted octanol–water partition coefficient (Wildman–Crippen LogP) is 3.32. The fraction of sp³-hybridized carbons (Fsp3) is 0.300. The molecule has 0 aromatic heterocycles. The summed E-state index contributed by atoms with van der Waals surface area (Å²) >= 11 is 0. The summed E-state index contributed by atoms with van der Waals surface area (Å²) in [6.45, 7) is 0.452. The maximum absolute atomic E-state index is 13.1. The minimum Gasteiger partial charge on any atom is -0.368 e. The van der Waals surface area contributed by atoms with E-state index in [1.54, 1.807) is 24.3 Å². The van der Waals surface area contributed by atoms with E-state index in [1.165, 1.54) is 17.0 Å². The summed E-state index contributed by atoms with van der Waals surface area (Å²) in [7, 11) is 0. The molecular formula is C20H17F3N2O2. The number of piperidine rings is 1. The highest BCUT2D eigenvalue weighted by molar-refractivity contribution is 6.03. The first-order chi connectivity index (χ1) is 12.8. The molecule has 0 bridgehead atoms. The van der Waals surface area contributed by atoms with Crippen LogP contribution in [0, 0.1) is 11.8 Å². The van der Waals surface area contributed by atoms with Gasteiger partial charge in [0.15, 0.2) is 0 Å². The number of benzene rings is 2. The third kappa shape index (κ3) is 3.07. The van der Waals surface area contributed by atoms with Crippen molar-refractivity contribution in [2.75, 3.05) is 6.54 Å². The molecule has 1 aliphatic carbocycles. The topological polar surface area (TPSA) is 63.4 Å². The Kier molecular flexibility index (Phi) is 3.98. The molecule has 2 amide bonds. The van der Waals surface area contributed by atoms with Crippen molar-refractivity contribution in [3.63, 3.8) is 0 Å². The van der Waals surface area contributed by atoms with E-state index >= 15 is 0 Å². The largest absolute Gasteiger partial charge is 0.416 e. The van der Waals surface area contributed by atoms with E-state index in [9.17, 15) is 22.8 Å². The molecular weight excluding hydrogens is 357 g/mol. The van der Waals surface area contributed by atoms with Crippen molar-refractivity contribution in [3.8, 4) is 11.1 Å². The number of nitrogens with zero attached hydrogens (tertiary/aromatic N) is 1. The minimum atomic E-state index is -4.47. The molecule has 2 aromatic carbocycles. The fourth-order valence-electron chi connectivity index (χ4n) is 3.98.